The van der Waals surface area contributed by atoms with Crippen LogP contribution < -0.4 is 15.4 Å². The molecule has 3 atom stereocenters. The molecule has 2 aliphatic rings. The maximum absolute atomic E-state index is 13.4. The molecule has 2 heterocycles. The number of carbonyl (C=O) groups excluding carboxylic acids is 2. The Balaban J connectivity index is 1.40. The number of amides is 2. The van der Waals surface area contributed by atoms with Gasteiger partial charge in [0, 0.05) is 30.3 Å². The maximum atomic E-state index is 13.4. The van der Waals surface area contributed by atoms with Crippen molar-refractivity contribution >= 4 is 22.8 Å². The molecule has 2 amide bonds. The monoisotopic (exact) mass is 489 g/mol. The predicted octanol–water partition coefficient (Wildman–Crippen LogP) is 4.45. The Morgan fingerprint density at radius 3 is 2.64 bits per heavy atom. The number of fused-ring (bicyclic) bond motifs is 1. The van der Waals surface area contributed by atoms with Crippen molar-refractivity contribution in [1.82, 2.24) is 25.6 Å². The summed E-state index contributed by atoms with van der Waals surface area (Å²) in [5.74, 6) is 1.60. The molecule has 0 aliphatic heterocycles. The minimum Gasteiger partial charge on any atom is -0.493 e. The standard InChI is InChI=1S/C28H35N5O3/c1-15-5-10-23(36-13-19-6-7-19)21(11-15)25-27-26(30-14-29-25)24(17(3)31-27)28(35)33-20-8-9-22(16(2)12-20)32-18(4)34/h5,10-11,14,16,19-20,22,31H,6-9,12-13H2,1-4H3,(H,32,34)(H,33,35)/t16-,20-,22+/m1/s1. The second kappa shape index (κ2) is 9.91. The van der Waals surface area contributed by atoms with Crippen LogP contribution in [0.25, 0.3) is 22.3 Å². The summed E-state index contributed by atoms with van der Waals surface area (Å²) in [7, 11) is 0. The van der Waals surface area contributed by atoms with Gasteiger partial charge in [-0.1, -0.05) is 18.6 Å². The zero-order valence-electron chi connectivity index (χ0n) is 21.5. The lowest BCUT2D eigenvalue weighted by Gasteiger charge is -2.34. The van der Waals surface area contributed by atoms with Gasteiger partial charge in [-0.25, -0.2) is 9.97 Å². The molecule has 1 aromatic carbocycles. The van der Waals surface area contributed by atoms with Crippen molar-refractivity contribution in [2.45, 2.75) is 71.9 Å². The SMILES string of the molecule is CC(=O)N[C@H]1CC[C@@H](NC(=O)c2c(C)[nH]c3c(-c4cc(C)ccc4OCC4CC4)ncnc23)C[C@H]1C. The summed E-state index contributed by atoms with van der Waals surface area (Å²) in [5, 5.41) is 6.25. The van der Waals surface area contributed by atoms with Gasteiger partial charge in [-0.2, -0.15) is 0 Å². The molecule has 190 valence electrons. The third-order valence-corrected chi connectivity index (χ3v) is 7.45. The van der Waals surface area contributed by atoms with Crippen molar-refractivity contribution in [3.8, 4) is 17.0 Å². The highest BCUT2D eigenvalue weighted by atomic mass is 16.5. The van der Waals surface area contributed by atoms with E-state index in [9.17, 15) is 9.59 Å². The second-order valence-corrected chi connectivity index (χ2v) is 10.6. The largest absolute Gasteiger partial charge is 0.493 e. The van der Waals surface area contributed by atoms with E-state index in [1.807, 2.05) is 26.0 Å². The Labute approximate surface area is 211 Å². The molecule has 2 fully saturated rings. The highest BCUT2D eigenvalue weighted by molar-refractivity contribution is 6.09. The van der Waals surface area contributed by atoms with Crippen molar-refractivity contribution in [2.24, 2.45) is 11.8 Å². The number of aromatic amines is 1. The Morgan fingerprint density at radius 2 is 1.92 bits per heavy atom. The van der Waals surface area contributed by atoms with E-state index in [1.54, 1.807) is 6.92 Å². The average molecular weight is 490 g/mol. The molecular formula is C28H35N5O3. The molecule has 3 aromatic rings. The number of ether oxygens (including phenoxy) is 1. The molecule has 8 heteroatoms. The Kier molecular flexibility index (Phi) is 6.69. The Morgan fingerprint density at radius 1 is 1.11 bits per heavy atom. The fourth-order valence-corrected chi connectivity index (χ4v) is 5.31. The van der Waals surface area contributed by atoms with Crippen molar-refractivity contribution in [3.63, 3.8) is 0 Å². The second-order valence-electron chi connectivity index (χ2n) is 10.6. The third-order valence-electron chi connectivity index (χ3n) is 7.45. The molecule has 2 aliphatic carbocycles. The predicted molar refractivity (Wildman–Crippen MR) is 139 cm³/mol. The van der Waals surface area contributed by atoms with Crippen LogP contribution in [0, 0.1) is 25.7 Å². The van der Waals surface area contributed by atoms with Crippen molar-refractivity contribution in [3.05, 3.63) is 41.3 Å². The fourth-order valence-electron chi connectivity index (χ4n) is 5.31. The van der Waals surface area contributed by atoms with E-state index in [2.05, 4.69) is 38.6 Å². The topological polar surface area (TPSA) is 109 Å². The average Bonchev–Trinajstić information content (AvgIpc) is 3.59. The molecule has 36 heavy (non-hydrogen) atoms. The van der Waals surface area contributed by atoms with Gasteiger partial charge in [0.2, 0.25) is 5.91 Å². The lowest BCUT2D eigenvalue weighted by molar-refractivity contribution is -0.120. The van der Waals surface area contributed by atoms with E-state index in [-0.39, 0.29) is 23.9 Å². The summed E-state index contributed by atoms with van der Waals surface area (Å²) in [6.45, 7) is 8.34. The fraction of sp³-hybridized carbons (Fsp3) is 0.500. The Bertz CT molecular complexity index is 1300. The first-order chi connectivity index (χ1) is 17.3. The summed E-state index contributed by atoms with van der Waals surface area (Å²) in [6, 6.07) is 6.34. The molecular weight excluding hydrogens is 454 g/mol. The van der Waals surface area contributed by atoms with E-state index in [1.165, 1.54) is 19.2 Å². The minimum atomic E-state index is -0.131. The lowest BCUT2D eigenvalue weighted by atomic mass is 9.82. The molecule has 3 N–H and O–H groups in total. The van der Waals surface area contributed by atoms with Crippen molar-refractivity contribution in [1.29, 1.82) is 0 Å². The van der Waals surface area contributed by atoms with E-state index >= 15 is 0 Å². The van der Waals surface area contributed by atoms with Gasteiger partial charge in [0.05, 0.1) is 17.7 Å². The number of rotatable bonds is 7. The number of benzene rings is 1. The smallest absolute Gasteiger partial charge is 0.255 e. The summed E-state index contributed by atoms with van der Waals surface area (Å²) >= 11 is 0. The third kappa shape index (κ3) is 5.08. The van der Waals surface area contributed by atoms with E-state index in [0.717, 1.165) is 53.0 Å². The van der Waals surface area contributed by atoms with Crippen LogP contribution in [-0.2, 0) is 4.79 Å². The van der Waals surface area contributed by atoms with Crippen molar-refractivity contribution < 1.29 is 14.3 Å². The van der Waals surface area contributed by atoms with E-state index in [0.29, 0.717) is 29.5 Å². The highest BCUT2D eigenvalue weighted by Gasteiger charge is 2.30. The van der Waals surface area contributed by atoms with Gasteiger partial charge in [0.1, 0.15) is 23.3 Å². The summed E-state index contributed by atoms with van der Waals surface area (Å²) in [4.78, 5) is 37.4. The lowest BCUT2D eigenvalue weighted by Crippen LogP contribution is -2.47. The minimum absolute atomic E-state index is 0.00560. The van der Waals surface area contributed by atoms with Crippen LogP contribution in [0.15, 0.2) is 24.5 Å². The van der Waals surface area contributed by atoms with Gasteiger partial charge in [0.15, 0.2) is 0 Å². The number of nitrogens with zero attached hydrogens (tertiary/aromatic N) is 2. The van der Waals surface area contributed by atoms with Crippen LogP contribution in [-0.4, -0.2) is 45.5 Å². The number of hydrogen-bond acceptors (Lipinski definition) is 5. The number of H-pyrrole nitrogens is 1. The molecule has 5 rings (SSSR count). The van der Waals surface area contributed by atoms with Gasteiger partial charge in [-0.3, -0.25) is 9.59 Å². The van der Waals surface area contributed by atoms with Gasteiger partial charge in [0.25, 0.3) is 5.91 Å². The van der Waals surface area contributed by atoms with Crippen LogP contribution in [0.3, 0.4) is 0 Å². The van der Waals surface area contributed by atoms with Crippen LogP contribution in [0.1, 0.15) is 67.6 Å². The molecule has 2 aromatic heterocycles. The number of hydrogen-bond donors (Lipinski definition) is 3. The van der Waals surface area contributed by atoms with Gasteiger partial charge >= 0.3 is 0 Å². The van der Waals surface area contributed by atoms with E-state index in [4.69, 9.17) is 4.74 Å². The molecule has 0 radical (unpaired) electrons. The molecule has 2 saturated carbocycles. The van der Waals surface area contributed by atoms with Gasteiger partial charge < -0.3 is 20.4 Å². The van der Waals surface area contributed by atoms with Crippen LogP contribution >= 0.6 is 0 Å². The van der Waals surface area contributed by atoms with Gasteiger partial charge in [-0.05, 0) is 69.9 Å². The summed E-state index contributed by atoms with van der Waals surface area (Å²) in [5.41, 5.74) is 5.42. The Hall–Kier alpha value is -3.42. The number of aromatic nitrogens is 3. The van der Waals surface area contributed by atoms with E-state index < -0.39 is 0 Å². The molecule has 0 unspecified atom stereocenters. The first-order valence-electron chi connectivity index (χ1n) is 12.9. The molecule has 0 saturated heterocycles. The number of carbonyl (C=O) groups is 2. The quantitative estimate of drug-likeness (QED) is 0.454. The molecule has 8 nitrogen and oxygen atoms in total. The summed E-state index contributed by atoms with van der Waals surface area (Å²) in [6.07, 6.45) is 6.47. The molecule has 0 spiro atoms. The first-order valence-corrected chi connectivity index (χ1v) is 12.9. The van der Waals surface area contributed by atoms with Crippen LogP contribution in [0.2, 0.25) is 0 Å². The van der Waals surface area contributed by atoms with Crippen LogP contribution in [0.5, 0.6) is 5.75 Å². The first kappa shape index (κ1) is 24.3. The normalized spacial score (nSPS) is 21.8. The van der Waals surface area contributed by atoms with Crippen LogP contribution in [0.4, 0.5) is 0 Å². The molecule has 0 bridgehead atoms. The maximum Gasteiger partial charge on any atom is 0.255 e. The number of nitrogens with one attached hydrogen (secondary N) is 3. The zero-order chi connectivity index (χ0) is 25.4. The highest BCUT2D eigenvalue weighted by Crippen LogP contribution is 2.37. The van der Waals surface area contributed by atoms with Crippen molar-refractivity contribution in [2.75, 3.05) is 6.61 Å². The number of aryl methyl sites for hydroxylation is 2. The van der Waals surface area contributed by atoms with Gasteiger partial charge in [-0.15, -0.1) is 0 Å². The zero-order valence-corrected chi connectivity index (χ0v) is 21.5. The summed E-state index contributed by atoms with van der Waals surface area (Å²) < 4.78 is 6.17.